The van der Waals surface area contributed by atoms with Gasteiger partial charge >= 0.3 is 0 Å². The van der Waals surface area contributed by atoms with Crippen LogP contribution in [0.4, 0.5) is 17.1 Å². The molecule has 4 fully saturated rings. The van der Waals surface area contributed by atoms with Crippen molar-refractivity contribution in [1.29, 1.82) is 0 Å². The first-order valence-corrected chi connectivity index (χ1v) is 20.8. The second-order valence-electron chi connectivity index (χ2n) is 16.5. The normalized spacial score (nSPS) is 23.3. The summed E-state index contributed by atoms with van der Waals surface area (Å²) < 4.78 is 2.64. The van der Waals surface area contributed by atoms with Crippen LogP contribution in [0, 0.1) is 23.7 Å². The minimum atomic E-state index is 0.181. The summed E-state index contributed by atoms with van der Waals surface area (Å²) in [5.74, 6) is 3.43. The summed E-state index contributed by atoms with van der Waals surface area (Å²) in [6, 6.07) is 61.6. The molecule has 0 atom stereocenters. The van der Waals surface area contributed by atoms with E-state index in [9.17, 15) is 0 Å². The van der Waals surface area contributed by atoms with E-state index in [-0.39, 0.29) is 5.41 Å². The van der Waals surface area contributed by atoms with E-state index in [1.807, 2.05) is 11.3 Å². The van der Waals surface area contributed by atoms with E-state index in [1.54, 1.807) is 11.1 Å². The number of thiophene rings is 1. The smallest absolute Gasteiger partial charge is 0.0640 e. The van der Waals surface area contributed by atoms with Crippen LogP contribution >= 0.6 is 11.3 Å². The predicted octanol–water partition coefficient (Wildman–Crippen LogP) is 14.6. The van der Waals surface area contributed by atoms with E-state index in [1.165, 1.54) is 97.0 Å². The third kappa shape index (κ3) is 4.38. The number of rotatable bonds is 5. The lowest BCUT2D eigenvalue weighted by Gasteiger charge is -2.61. The van der Waals surface area contributed by atoms with Gasteiger partial charge in [0.1, 0.15) is 0 Å². The van der Waals surface area contributed by atoms with E-state index in [0.717, 1.165) is 29.4 Å². The standard InChI is InChI=1S/C52H41NS/c1-2-10-35(11-3-1)36-20-24-40(25-21-36)53(48-18-9-15-44-43-12-5-7-19-49(43)54-51(44)48)41-26-22-37(23-27-41)42-14-8-17-47-50(42)45-13-4-6-16-46(45)52(47)38-29-33-28-34(31-38)32-39(52)30-33/h1-27,33-34,38-39H,28-32H2. The summed E-state index contributed by atoms with van der Waals surface area (Å²) in [6.45, 7) is 0. The van der Waals surface area contributed by atoms with Crippen LogP contribution in [0.15, 0.2) is 164 Å². The highest BCUT2D eigenvalue weighted by Crippen LogP contribution is 2.70. The van der Waals surface area contributed by atoms with E-state index < -0.39 is 0 Å². The van der Waals surface area contributed by atoms with Gasteiger partial charge in [0.15, 0.2) is 0 Å². The van der Waals surface area contributed by atoms with E-state index in [4.69, 9.17) is 0 Å². The number of fused-ring (bicyclic) bond motifs is 6. The number of benzene rings is 7. The van der Waals surface area contributed by atoms with Crippen LogP contribution in [0.3, 0.4) is 0 Å². The van der Waals surface area contributed by atoms with Crippen LogP contribution in [0.5, 0.6) is 0 Å². The van der Waals surface area contributed by atoms with Gasteiger partial charge in [0.05, 0.1) is 10.4 Å². The fraction of sp³-hybridized carbons (Fsp3) is 0.192. The maximum atomic E-state index is 2.52. The van der Waals surface area contributed by atoms with Crippen molar-refractivity contribution in [1.82, 2.24) is 0 Å². The molecule has 7 aromatic carbocycles. The summed E-state index contributed by atoms with van der Waals surface area (Å²) in [4.78, 5) is 2.46. The molecule has 2 heteroatoms. The maximum absolute atomic E-state index is 2.52. The molecule has 0 radical (unpaired) electrons. The van der Waals surface area contributed by atoms with Crippen molar-refractivity contribution in [3.05, 3.63) is 175 Å². The Morgan fingerprint density at radius 1 is 0.444 bits per heavy atom. The van der Waals surface area contributed by atoms with Gasteiger partial charge in [0.2, 0.25) is 0 Å². The second kappa shape index (κ2) is 11.8. The predicted molar refractivity (Wildman–Crippen MR) is 228 cm³/mol. The van der Waals surface area contributed by atoms with E-state index in [2.05, 4.69) is 169 Å². The molecule has 0 aliphatic heterocycles. The summed E-state index contributed by atoms with van der Waals surface area (Å²) in [5, 5.41) is 2.64. The topological polar surface area (TPSA) is 3.24 Å². The summed E-state index contributed by atoms with van der Waals surface area (Å²) >= 11 is 1.89. The molecule has 54 heavy (non-hydrogen) atoms. The molecule has 4 saturated carbocycles. The van der Waals surface area contributed by atoms with Gasteiger partial charge in [0.25, 0.3) is 0 Å². The van der Waals surface area contributed by atoms with E-state index >= 15 is 0 Å². The Labute approximate surface area is 321 Å². The second-order valence-corrected chi connectivity index (χ2v) is 17.5. The summed E-state index contributed by atoms with van der Waals surface area (Å²) in [6.07, 6.45) is 7.13. The van der Waals surface area contributed by atoms with E-state index in [0.29, 0.717) is 0 Å². The average Bonchev–Trinajstić information content (AvgIpc) is 3.75. The largest absolute Gasteiger partial charge is 0.309 e. The Balaban J connectivity index is 0.997. The molecule has 0 N–H and O–H groups in total. The third-order valence-electron chi connectivity index (χ3n) is 13.9. The molecule has 1 heterocycles. The molecule has 0 amide bonds. The van der Waals surface area contributed by atoms with Crippen LogP contribution in [0.25, 0.3) is 53.6 Å². The fourth-order valence-corrected chi connectivity index (χ4v) is 13.2. The Morgan fingerprint density at radius 3 is 1.78 bits per heavy atom. The highest BCUT2D eigenvalue weighted by molar-refractivity contribution is 7.26. The lowest BCUT2D eigenvalue weighted by atomic mass is 9.43. The fourth-order valence-electron chi connectivity index (χ4n) is 12.0. The highest BCUT2D eigenvalue weighted by atomic mass is 32.1. The van der Waals surface area contributed by atoms with Crippen molar-refractivity contribution >= 4 is 48.6 Å². The molecule has 0 unspecified atom stereocenters. The van der Waals surface area contributed by atoms with Crippen molar-refractivity contribution in [2.45, 2.75) is 37.5 Å². The Hall–Kier alpha value is -5.44. The molecular weight excluding hydrogens is 671 g/mol. The lowest BCUT2D eigenvalue weighted by molar-refractivity contribution is -0.0399. The molecule has 1 nitrogen and oxygen atoms in total. The molecule has 8 aromatic rings. The Morgan fingerprint density at radius 2 is 1.02 bits per heavy atom. The zero-order valence-corrected chi connectivity index (χ0v) is 31.1. The average molecular weight is 712 g/mol. The first kappa shape index (κ1) is 31.0. The minimum Gasteiger partial charge on any atom is -0.309 e. The SMILES string of the molecule is c1ccc(-c2ccc(N(c3ccc(-c4cccc5c4-c4ccccc4C54C5CC6CC(C5)CC4C6)cc3)c3cccc4c3sc3ccccc34)cc2)cc1. The molecular formula is C52H41NS. The quantitative estimate of drug-likeness (QED) is 0.172. The molecule has 260 valence electrons. The number of hydrogen-bond donors (Lipinski definition) is 0. The summed E-state index contributed by atoms with van der Waals surface area (Å²) in [7, 11) is 0. The Bertz CT molecular complexity index is 2690. The van der Waals surface area contributed by atoms with Gasteiger partial charge in [-0.05, 0) is 137 Å². The van der Waals surface area contributed by atoms with Gasteiger partial charge in [-0.2, -0.15) is 0 Å². The molecule has 1 spiro atoms. The number of anilines is 3. The van der Waals surface area contributed by atoms with Gasteiger partial charge in [-0.1, -0.05) is 127 Å². The molecule has 13 rings (SSSR count). The van der Waals surface area contributed by atoms with Crippen molar-refractivity contribution in [3.8, 4) is 33.4 Å². The van der Waals surface area contributed by atoms with Crippen molar-refractivity contribution in [2.75, 3.05) is 4.90 Å². The first-order valence-electron chi connectivity index (χ1n) is 19.9. The Kier molecular flexibility index (Phi) is 6.75. The first-order chi connectivity index (χ1) is 26.7. The van der Waals surface area contributed by atoms with Gasteiger partial charge in [-0.3, -0.25) is 0 Å². The van der Waals surface area contributed by atoms with Crippen molar-refractivity contribution in [3.63, 3.8) is 0 Å². The van der Waals surface area contributed by atoms with Crippen LogP contribution in [0.2, 0.25) is 0 Å². The maximum Gasteiger partial charge on any atom is 0.0640 e. The minimum absolute atomic E-state index is 0.181. The van der Waals surface area contributed by atoms with Crippen LogP contribution in [0.1, 0.15) is 43.2 Å². The molecule has 1 aromatic heterocycles. The highest BCUT2D eigenvalue weighted by Gasteiger charge is 2.61. The van der Waals surface area contributed by atoms with Crippen molar-refractivity contribution in [2.24, 2.45) is 23.7 Å². The van der Waals surface area contributed by atoms with Crippen LogP contribution < -0.4 is 4.90 Å². The summed E-state index contributed by atoms with van der Waals surface area (Å²) in [5.41, 5.74) is 15.1. The van der Waals surface area contributed by atoms with Gasteiger partial charge < -0.3 is 4.90 Å². The zero-order valence-electron chi connectivity index (χ0n) is 30.3. The molecule has 4 bridgehead atoms. The molecule has 5 aliphatic rings. The van der Waals surface area contributed by atoms with Crippen LogP contribution in [-0.4, -0.2) is 0 Å². The van der Waals surface area contributed by atoms with Gasteiger partial charge in [-0.15, -0.1) is 11.3 Å². The number of nitrogens with zero attached hydrogens (tertiary/aromatic N) is 1. The van der Waals surface area contributed by atoms with Gasteiger partial charge in [-0.25, -0.2) is 0 Å². The molecule has 0 saturated heterocycles. The van der Waals surface area contributed by atoms with Gasteiger partial charge in [0, 0.05) is 32.3 Å². The molecule has 5 aliphatic carbocycles. The zero-order chi connectivity index (χ0) is 35.4. The third-order valence-corrected chi connectivity index (χ3v) is 15.1. The number of hydrogen-bond acceptors (Lipinski definition) is 2. The monoisotopic (exact) mass is 711 g/mol. The van der Waals surface area contributed by atoms with Crippen molar-refractivity contribution < 1.29 is 0 Å². The lowest BCUT2D eigenvalue weighted by Crippen LogP contribution is -2.55. The van der Waals surface area contributed by atoms with Crippen LogP contribution in [-0.2, 0) is 5.41 Å².